The first kappa shape index (κ1) is 16.1. The number of amides is 1. The minimum Gasteiger partial charge on any atom is -0.464 e. The molecule has 0 radical (unpaired) electrons. The van der Waals surface area contributed by atoms with E-state index in [1.165, 1.54) is 29.6 Å². The number of carbonyl (C=O) groups excluding carboxylic acids is 2. The Labute approximate surface area is 130 Å². The second-order valence-corrected chi connectivity index (χ2v) is 4.63. The topological polar surface area (TPSA) is 134 Å². The van der Waals surface area contributed by atoms with Crippen molar-refractivity contribution in [2.75, 3.05) is 12.4 Å². The number of carbonyl (C=O) groups is 2. The average molecular weight is 322 g/mol. The Kier molecular flexibility index (Phi) is 4.39. The number of hydrogen-bond acceptors (Lipinski definition) is 7. The third-order valence-electron chi connectivity index (χ3n) is 3.05. The van der Waals surface area contributed by atoms with Crippen LogP contribution in [0, 0.1) is 17.0 Å². The van der Waals surface area contributed by atoms with Gasteiger partial charge in [-0.05, 0) is 6.92 Å². The number of rotatable bonds is 5. The number of nitrogens with one attached hydrogen (secondary N) is 1. The number of aromatic nitrogens is 4. The number of hydrogen-bond donors (Lipinski definition) is 1. The predicted octanol–water partition coefficient (Wildman–Crippen LogP) is 0.259. The summed E-state index contributed by atoms with van der Waals surface area (Å²) in [5, 5.41) is 21.0. The van der Waals surface area contributed by atoms with Crippen molar-refractivity contribution in [1.82, 2.24) is 19.6 Å². The molecular weight excluding hydrogens is 308 g/mol. The molecular formula is C12H14N6O5. The highest BCUT2D eigenvalue weighted by Gasteiger charge is 2.21. The molecule has 122 valence electrons. The summed E-state index contributed by atoms with van der Waals surface area (Å²) < 4.78 is 7.13. The first-order valence-electron chi connectivity index (χ1n) is 6.42. The highest BCUT2D eigenvalue weighted by Crippen LogP contribution is 2.17. The van der Waals surface area contributed by atoms with Crippen LogP contribution in [0.2, 0.25) is 0 Å². The first-order valence-corrected chi connectivity index (χ1v) is 6.42. The molecule has 0 spiro atoms. The lowest BCUT2D eigenvalue weighted by molar-refractivity contribution is -0.385. The fourth-order valence-corrected chi connectivity index (χ4v) is 1.93. The summed E-state index contributed by atoms with van der Waals surface area (Å²) >= 11 is 0. The third-order valence-corrected chi connectivity index (χ3v) is 3.05. The van der Waals surface area contributed by atoms with Crippen LogP contribution in [0.15, 0.2) is 12.4 Å². The largest absolute Gasteiger partial charge is 0.464 e. The summed E-state index contributed by atoms with van der Waals surface area (Å²) in [4.78, 5) is 33.8. The Balaban J connectivity index is 2.15. The Morgan fingerprint density at radius 2 is 2.17 bits per heavy atom. The number of methoxy groups -OCH3 is 1. The number of aryl methyl sites for hydroxylation is 1. The second-order valence-electron chi connectivity index (χ2n) is 4.63. The van der Waals surface area contributed by atoms with E-state index in [0.29, 0.717) is 0 Å². The van der Waals surface area contributed by atoms with E-state index in [1.54, 1.807) is 7.05 Å². The van der Waals surface area contributed by atoms with Crippen molar-refractivity contribution in [3.05, 3.63) is 33.9 Å². The van der Waals surface area contributed by atoms with E-state index >= 15 is 0 Å². The molecule has 2 rings (SSSR count). The smallest absolute Gasteiger partial charge is 0.360 e. The zero-order valence-electron chi connectivity index (χ0n) is 12.6. The van der Waals surface area contributed by atoms with Crippen LogP contribution < -0.4 is 5.32 Å². The lowest BCUT2D eigenvalue weighted by atomic mass is 10.3. The van der Waals surface area contributed by atoms with Gasteiger partial charge in [-0.2, -0.15) is 10.2 Å². The summed E-state index contributed by atoms with van der Waals surface area (Å²) in [5.74, 6) is -1.20. The van der Waals surface area contributed by atoms with Gasteiger partial charge in [0.05, 0.1) is 17.7 Å². The number of nitro groups is 1. The van der Waals surface area contributed by atoms with Crippen molar-refractivity contribution in [3.63, 3.8) is 0 Å². The summed E-state index contributed by atoms with van der Waals surface area (Å²) in [5.41, 5.74) is 0.231. The van der Waals surface area contributed by atoms with E-state index in [1.807, 2.05) is 0 Å². The molecule has 0 atom stereocenters. The fraction of sp³-hybridized carbons (Fsp3) is 0.333. The minimum absolute atomic E-state index is 0.0356. The molecule has 0 bridgehead atoms. The molecule has 2 heterocycles. The third kappa shape index (κ3) is 3.33. The van der Waals surface area contributed by atoms with Gasteiger partial charge in [0.2, 0.25) is 5.91 Å². The van der Waals surface area contributed by atoms with Gasteiger partial charge in [-0.25, -0.2) is 4.79 Å². The summed E-state index contributed by atoms with van der Waals surface area (Å²) in [6.07, 6.45) is 2.52. The maximum Gasteiger partial charge on any atom is 0.360 e. The maximum atomic E-state index is 12.1. The summed E-state index contributed by atoms with van der Waals surface area (Å²) in [6.45, 7) is 1.25. The molecule has 0 unspecified atom stereocenters. The monoisotopic (exact) mass is 322 g/mol. The van der Waals surface area contributed by atoms with E-state index in [0.717, 1.165) is 6.20 Å². The molecule has 23 heavy (non-hydrogen) atoms. The van der Waals surface area contributed by atoms with E-state index in [-0.39, 0.29) is 29.3 Å². The van der Waals surface area contributed by atoms with Crippen LogP contribution in [0.4, 0.5) is 11.4 Å². The molecule has 0 saturated carbocycles. The molecule has 1 amide bonds. The van der Waals surface area contributed by atoms with Crippen molar-refractivity contribution in [2.24, 2.45) is 7.05 Å². The molecule has 2 aromatic rings. The van der Waals surface area contributed by atoms with Gasteiger partial charge in [0, 0.05) is 13.2 Å². The van der Waals surface area contributed by atoms with Crippen molar-refractivity contribution in [2.45, 2.75) is 13.5 Å². The molecule has 2 aromatic heterocycles. The lowest BCUT2D eigenvalue weighted by Crippen LogP contribution is -2.21. The molecule has 11 heteroatoms. The maximum absolute atomic E-state index is 12.1. The van der Waals surface area contributed by atoms with Crippen molar-refractivity contribution in [3.8, 4) is 0 Å². The van der Waals surface area contributed by atoms with Gasteiger partial charge < -0.3 is 10.1 Å². The Bertz CT molecular complexity index is 777. The van der Waals surface area contributed by atoms with Gasteiger partial charge in [-0.3, -0.25) is 24.3 Å². The van der Waals surface area contributed by atoms with Crippen molar-refractivity contribution < 1.29 is 19.2 Å². The molecule has 0 aliphatic heterocycles. The lowest BCUT2D eigenvalue weighted by Gasteiger charge is -2.05. The van der Waals surface area contributed by atoms with E-state index < -0.39 is 16.8 Å². The zero-order valence-corrected chi connectivity index (χ0v) is 12.6. The fourth-order valence-electron chi connectivity index (χ4n) is 1.93. The van der Waals surface area contributed by atoms with E-state index in [2.05, 4.69) is 20.3 Å². The van der Waals surface area contributed by atoms with E-state index in [4.69, 9.17) is 0 Å². The summed E-state index contributed by atoms with van der Waals surface area (Å²) in [6, 6.07) is 0. The molecule has 0 saturated heterocycles. The van der Waals surface area contributed by atoms with Gasteiger partial charge in [0.1, 0.15) is 18.4 Å². The van der Waals surface area contributed by atoms with Crippen molar-refractivity contribution in [1.29, 1.82) is 0 Å². The van der Waals surface area contributed by atoms with E-state index in [9.17, 15) is 19.7 Å². The zero-order chi connectivity index (χ0) is 17.1. The van der Waals surface area contributed by atoms with Crippen LogP contribution >= 0.6 is 0 Å². The van der Waals surface area contributed by atoms with Gasteiger partial charge in [-0.1, -0.05) is 0 Å². The van der Waals surface area contributed by atoms with Crippen LogP contribution in [-0.2, 0) is 23.1 Å². The van der Waals surface area contributed by atoms with Crippen LogP contribution in [0.3, 0.4) is 0 Å². The normalized spacial score (nSPS) is 10.4. The van der Waals surface area contributed by atoms with Crippen LogP contribution in [-0.4, -0.2) is 43.5 Å². The second kappa shape index (κ2) is 6.25. The van der Waals surface area contributed by atoms with Crippen LogP contribution in [0.25, 0.3) is 0 Å². The van der Waals surface area contributed by atoms with Crippen molar-refractivity contribution >= 4 is 23.3 Å². The predicted molar refractivity (Wildman–Crippen MR) is 76.8 cm³/mol. The molecule has 1 N–H and O–H groups in total. The van der Waals surface area contributed by atoms with Crippen LogP contribution in [0.1, 0.15) is 16.2 Å². The highest BCUT2D eigenvalue weighted by molar-refractivity contribution is 5.99. The number of anilines is 1. The number of esters is 1. The molecule has 0 aliphatic rings. The average Bonchev–Trinajstić information content (AvgIpc) is 3.02. The molecule has 0 aliphatic carbocycles. The number of nitrogens with zero attached hydrogens (tertiary/aromatic N) is 5. The summed E-state index contributed by atoms with van der Waals surface area (Å²) in [7, 11) is 2.79. The minimum atomic E-state index is -0.688. The highest BCUT2D eigenvalue weighted by atomic mass is 16.6. The quantitative estimate of drug-likeness (QED) is 0.474. The molecule has 0 fully saturated rings. The Hall–Kier alpha value is -3.24. The van der Waals surface area contributed by atoms with Gasteiger partial charge in [-0.15, -0.1) is 0 Å². The SMILES string of the molecule is COC(=O)c1nn(C)cc1NC(=O)Cn1ncc([N+](=O)[O-])c1C. The Morgan fingerprint density at radius 1 is 1.48 bits per heavy atom. The number of ether oxygens (including phenoxy) is 1. The van der Waals surface area contributed by atoms with Crippen LogP contribution in [0.5, 0.6) is 0 Å². The first-order chi connectivity index (χ1) is 10.8. The van der Waals surface area contributed by atoms with Gasteiger partial charge in [0.25, 0.3) is 0 Å². The Morgan fingerprint density at radius 3 is 2.74 bits per heavy atom. The molecule has 11 nitrogen and oxygen atoms in total. The van der Waals surface area contributed by atoms with Gasteiger partial charge >= 0.3 is 11.7 Å². The molecule has 0 aromatic carbocycles. The standard InChI is InChI=1S/C12H14N6O5/c1-7-9(18(21)22)4-13-17(7)6-10(19)14-8-5-16(2)15-11(8)12(20)23-3/h4-5H,6H2,1-3H3,(H,14,19). The van der Waals surface area contributed by atoms with Gasteiger partial charge in [0.15, 0.2) is 5.69 Å².